The molecule has 0 fully saturated rings. The number of carbonyl (C=O) groups is 2. The van der Waals surface area contributed by atoms with Gasteiger partial charge >= 0.3 is 5.97 Å². The number of hydrogen-bond donors (Lipinski definition) is 2. The highest BCUT2D eigenvalue weighted by molar-refractivity contribution is 7.89. The third-order valence-electron chi connectivity index (χ3n) is 4.03. The standard InChI is InChI=1S/C22H18ClN3O5S/c23-18-11-9-17(10-12-18)22(28)31-19-6-4-5-16(13-19)14-24-26-21(27)15-25-32(29,30)20-7-2-1-3-8-20/h1-14,25H,15H2,(H,26,27)/b24-14-. The largest absolute Gasteiger partial charge is 0.423 e. The van der Waals surface area contributed by atoms with Crippen molar-refractivity contribution in [2.24, 2.45) is 5.10 Å². The van der Waals surface area contributed by atoms with Gasteiger partial charge in [-0.05, 0) is 54.1 Å². The van der Waals surface area contributed by atoms with E-state index in [9.17, 15) is 18.0 Å². The lowest BCUT2D eigenvalue weighted by molar-refractivity contribution is -0.119. The normalized spacial score (nSPS) is 11.3. The zero-order valence-electron chi connectivity index (χ0n) is 16.6. The molecule has 164 valence electrons. The highest BCUT2D eigenvalue weighted by Crippen LogP contribution is 2.16. The van der Waals surface area contributed by atoms with E-state index in [2.05, 4.69) is 15.2 Å². The van der Waals surface area contributed by atoms with Gasteiger partial charge in [-0.25, -0.2) is 23.4 Å². The molecular formula is C22H18ClN3O5S. The molecule has 32 heavy (non-hydrogen) atoms. The number of amides is 1. The van der Waals surface area contributed by atoms with Crippen molar-refractivity contribution in [2.75, 3.05) is 6.54 Å². The number of halogens is 1. The van der Waals surface area contributed by atoms with Crippen LogP contribution in [0.1, 0.15) is 15.9 Å². The minimum Gasteiger partial charge on any atom is -0.423 e. The van der Waals surface area contributed by atoms with E-state index in [0.29, 0.717) is 16.1 Å². The van der Waals surface area contributed by atoms with Crippen LogP contribution in [0.15, 0.2) is 88.9 Å². The average Bonchev–Trinajstić information content (AvgIpc) is 2.79. The van der Waals surface area contributed by atoms with Gasteiger partial charge < -0.3 is 4.74 Å². The van der Waals surface area contributed by atoms with Crippen LogP contribution < -0.4 is 14.9 Å². The molecular weight excluding hydrogens is 454 g/mol. The van der Waals surface area contributed by atoms with Crippen LogP contribution in [-0.2, 0) is 14.8 Å². The summed E-state index contributed by atoms with van der Waals surface area (Å²) in [7, 11) is -3.79. The number of benzene rings is 3. The monoisotopic (exact) mass is 471 g/mol. The molecule has 0 aliphatic carbocycles. The van der Waals surface area contributed by atoms with Crippen LogP contribution in [0.5, 0.6) is 5.75 Å². The molecule has 0 saturated heterocycles. The van der Waals surface area contributed by atoms with Crippen LogP contribution in [0.2, 0.25) is 5.02 Å². The number of hydrazone groups is 1. The number of nitrogens with zero attached hydrogens (tertiary/aromatic N) is 1. The molecule has 0 spiro atoms. The van der Waals surface area contributed by atoms with Crippen molar-refractivity contribution in [3.63, 3.8) is 0 Å². The van der Waals surface area contributed by atoms with Gasteiger partial charge in [-0.15, -0.1) is 0 Å². The first kappa shape index (κ1) is 23.1. The van der Waals surface area contributed by atoms with Crippen molar-refractivity contribution >= 4 is 39.7 Å². The van der Waals surface area contributed by atoms with Gasteiger partial charge in [0.2, 0.25) is 10.0 Å². The Labute approximate surface area is 189 Å². The Morgan fingerprint density at radius 1 is 0.969 bits per heavy atom. The predicted octanol–water partition coefficient (Wildman–Crippen LogP) is 2.99. The van der Waals surface area contributed by atoms with Crippen LogP contribution in [0.3, 0.4) is 0 Å². The van der Waals surface area contributed by atoms with Gasteiger partial charge in [0.15, 0.2) is 0 Å². The molecule has 10 heteroatoms. The minimum atomic E-state index is -3.79. The van der Waals surface area contributed by atoms with Gasteiger partial charge in [0.05, 0.1) is 23.2 Å². The van der Waals surface area contributed by atoms with E-state index in [0.717, 1.165) is 0 Å². The second kappa shape index (κ2) is 10.7. The molecule has 0 radical (unpaired) electrons. The summed E-state index contributed by atoms with van der Waals surface area (Å²) >= 11 is 5.81. The molecule has 8 nitrogen and oxygen atoms in total. The number of nitrogens with one attached hydrogen (secondary N) is 2. The fraction of sp³-hybridized carbons (Fsp3) is 0.0455. The van der Waals surface area contributed by atoms with Crippen molar-refractivity contribution < 1.29 is 22.7 Å². The van der Waals surface area contributed by atoms with Crippen molar-refractivity contribution in [3.05, 3.63) is 95.0 Å². The van der Waals surface area contributed by atoms with E-state index >= 15 is 0 Å². The van der Waals surface area contributed by atoms with Crippen molar-refractivity contribution in [2.45, 2.75) is 4.90 Å². The smallest absolute Gasteiger partial charge is 0.343 e. The van der Waals surface area contributed by atoms with Gasteiger partial charge in [0.25, 0.3) is 5.91 Å². The Kier molecular flexibility index (Phi) is 7.72. The van der Waals surface area contributed by atoms with Crippen LogP contribution in [0.4, 0.5) is 0 Å². The molecule has 0 saturated carbocycles. The minimum absolute atomic E-state index is 0.0567. The first-order chi connectivity index (χ1) is 15.3. The second-order valence-electron chi connectivity index (χ2n) is 6.40. The quantitative estimate of drug-likeness (QED) is 0.227. The summed E-state index contributed by atoms with van der Waals surface area (Å²) in [6.45, 7) is -0.479. The molecule has 3 rings (SSSR count). The highest BCUT2D eigenvalue weighted by Gasteiger charge is 2.14. The van der Waals surface area contributed by atoms with Gasteiger partial charge in [0, 0.05) is 5.02 Å². The van der Waals surface area contributed by atoms with Gasteiger partial charge in [-0.3, -0.25) is 4.79 Å². The first-order valence-electron chi connectivity index (χ1n) is 9.28. The maximum atomic E-state index is 12.2. The van der Waals surface area contributed by atoms with E-state index in [-0.39, 0.29) is 10.6 Å². The average molecular weight is 472 g/mol. The van der Waals surface area contributed by atoms with Gasteiger partial charge in [-0.1, -0.05) is 41.9 Å². The Morgan fingerprint density at radius 3 is 2.41 bits per heavy atom. The second-order valence-corrected chi connectivity index (χ2v) is 8.60. The van der Waals surface area contributed by atoms with E-state index in [1.165, 1.54) is 18.3 Å². The van der Waals surface area contributed by atoms with Crippen molar-refractivity contribution in [3.8, 4) is 5.75 Å². The molecule has 0 aromatic heterocycles. The molecule has 0 bridgehead atoms. The fourth-order valence-corrected chi connectivity index (χ4v) is 3.60. The fourth-order valence-electron chi connectivity index (χ4n) is 2.47. The summed E-state index contributed by atoms with van der Waals surface area (Å²) in [5.74, 6) is -0.906. The van der Waals surface area contributed by atoms with Crippen molar-refractivity contribution in [1.82, 2.24) is 10.1 Å². The lowest BCUT2D eigenvalue weighted by Crippen LogP contribution is -2.34. The molecule has 0 aliphatic heterocycles. The van der Waals surface area contributed by atoms with Crippen LogP contribution in [0.25, 0.3) is 0 Å². The third kappa shape index (κ3) is 6.74. The predicted molar refractivity (Wildman–Crippen MR) is 120 cm³/mol. The van der Waals surface area contributed by atoms with Gasteiger partial charge in [-0.2, -0.15) is 5.10 Å². The zero-order valence-corrected chi connectivity index (χ0v) is 18.1. The highest BCUT2D eigenvalue weighted by atomic mass is 35.5. The summed E-state index contributed by atoms with van der Waals surface area (Å²) in [6.07, 6.45) is 1.34. The number of sulfonamides is 1. The molecule has 0 unspecified atom stereocenters. The summed E-state index contributed by atoms with van der Waals surface area (Å²) in [6, 6.07) is 20.5. The zero-order chi connectivity index (χ0) is 23.0. The summed E-state index contributed by atoms with van der Waals surface area (Å²) < 4.78 is 31.7. The molecule has 3 aromatic carbocycles. The molecule has 0 atom stereocenters. The maximum Gasteiger partial charge on any atom is 0.343 e. The van der Waals surface area contributed by atoms with Crippen LogP contribution >= 0.6 is 11.6 Å². The molecule has 2 N–H and O–H groups in total. The Bertz CT molecular complexity index is 1230. The lowest BCUT2D eigenvalue weighted by Gasteiger charge is -2.06. The van der Waals surface area contributed by atoms with E-state index < -0.39 is 28.4 Å². The Hall–Kier alpha value is -3.53. The van der Waals surface area contributed by atoms with Crippen molar-refractivity contribution in [1.29, 1.82) is 0 Å². The third-order valence-corrected chi connectivity index (χ3v) is 5.70. The molecule has 0 aliphatic rings. The molecule has 0 heterocycles. The summed E-state index contributed by atoms with van der Waals surface area (Å²) in [4.78, 5) is 24.1. The SMILES string of the molecule is O=C(CNS(=O)(=O)c1ccccc1)N/N=C\c1cccc(OC(=O)c2ccc(Cl)cc2)c1. The van der Waals surface area contributed by atoms with E-state index in [1.54, 1.807) is 66.7 Å². The summed E-state index contributed by atoms with van der Waals surface area (Å²) in [5, 5.41) is 4.30. The van der Waals surface area contributed by atoms with Gasteiger partial charge in [0.1, 0.15) is 5.75 Å². The van der Waals surface area contributed by atoms with E-state index in [1.807, 2.05) is 0 Å². The van der Waals surface area contributed by atoms with E-state index in [4.69, 9.17) is 16.3 Å². The maximum absolute atomic E-state index is 12.2. The number of rotatable bonds is 8. The number of esters is 1. The topological polar surface area (TPSA) is 114 Å². The molecule has 3 aromatic rings. The summed E-state index contributed by atoms with van der Waals surface area (Å²) in [5.41, 5.74) is 3.13. The number of carbonyl (C=O) groups excluding carboxylic acids is 2. The Balaban J connectivity index is 1.52. The van der Waals surface area contributed by atoms with Crippen LogP contribution in [-0.4, -0.2) is 33.1 Å². The number of hydrogen-bond acceptors (Lipinski definition) is 6. The lowest BCUT2D eigenvalue weighted by atomic mass is 10.2. The van der Waals surface area contributed by atoms with Crippen LogP contribution in [0, 0.1) is 0 Å². The molecule has 1 amide bonds. The Morgan fingerprint density at radius 2 is 1.69 bits per heavy atom. The number of ether oxygens (including phenoxy) is 1. The first-order valence-corrected chi connectivity index (χ1v) is 11.1.